The van der Waals surface area contributed by atoms with E-state index in [0.29, 0.717) is 17.5 Å². The number of aromatic amines is 1. The van der Waals surface area contributed by atoms with Gasteiger partial charge in [-0.1, -0.05) is 0 Å². The molecule has 0 saturated heterocycles. The van der Waals surface area contributed by atoms with Crippen LogP contribution in [0, 0.1) is 17.0 Å². The van der Waals surface area contributed by atoms with Crippen LogP contribution in [0.25, 0.3) is 10.9 Å². The average molecular weight is 244 g/mol. The van der Waals surface area contributed by atoms with Gasteiger partial charge in [-0.15, -0.1) is 0 Å². The third-order valence-corrected chi connectivity index (χ3v) is 3.50. The van der Waals surface area contributed by atoms with E-state index >= 15 is 0 Å². The van der Waals surface area contributed by atoms with Crippen molar-refractivity contribution in [1.29, 1.82) is 0 Å². The van der Waals surface area contributed by atoms with E-state index in [2.05, 4.69) is 4.98 Å². The molecule has 1 aromatic heterocycles. The first-order valence-electron chi connectivity index (χ1n) is 5.90. The van der Waals surface area contributed by atoms with Crippen LogP contribution in [-0.2, 0) is 6.42 Å². The van der Waals surface area contributed by atoms with Gasteiger partial charge in [0.05, 0.1) is 10.4 Å². The molecule has 2 aromatic rings. The third kappa shape index (κ3) is 1.44. The Hall–Kier alpha value is -2.17. The first kappa shape index (κ1) is 11.0. The fourth-order valence-corrected chi connectivity index (χ4v) is 2.65. The lowest BCUT2D eigenvalue weighted by Crippen LogP contribution is -2.09. The summed E-state index contributed by atoms with van der Waals surface area (Å²) in [6.45, 7) is 1.70. The zero-order valence-corrected chi connectivity index (χ0v) is 9.95. The number of aryl methyl sites for hydroxylation is 2. The quantitative estimate of drug-likeness (QED) is 0.619. The van der Waals surface area contributed by atoms with E-state index in [0.717, 1.165) is 29.5 Å². The predicted octanol–water partition coefficient (Wildman–Crippen LogP) is 2.90. The van der Waals surface area contributed by atoms with Crippen molar-refractivity contribution in [3.05, 3.63) is 39.1 Å². The molecular formula is C13H12N2O3. The smallest absolute Gasteiger partial charge is 0.274 e. The van der Waals surface area contributed by atoms with E-state index in [9.17, 15) is 14.9 Å². The highest BCUT2D eigenvalue weighted by molar-refractivity contribution is 6.10. The lowest BCUT2D eigenvalue weighted by Gasteiger charge is -2.09. The van der Waals surface area contributed by atoms with E-state index < -0.39 is 4.92 Å². The molecule has 0 saturated carbocycles. The summed E-state index contributed by atoms with van der Waals surface area (Å²) in [7, 11) is 0. The van der Waals surface area contributed by atoms with E-state index in [1.165, 1.54) is 6.07 Å². The molecule has 0 bridgehead atoms. The first-order chi connectivity index (χ1) is 8.58. The maximum atomic E-state index is 11.9. The van der Waals surface area contributed by atoms with E-state index in [4.69, 9.17) is 0 Å². The number of carbonyl (C=O) groups excluding carboxylic acids is 1. The lowest BCUT2D eigenvalue weighted by atomic mass is 9.94. The minimum atomic E-state index is -0.392. The second-order valence-corrected chi connectivity index (χ2v) is 4.70. The Morgan fingerprint density at radius 2 is 2.11 bits per heavy atom. The number of nitro benzene ring substituents is 1. The first-order valence-corrected chi connectivity index (χ1v) is 5.90. The number of fused-ring (bicyclic) bond motifs is 3. The molecule has 3 rings (SSSR count). The molecule has 92 valence electrons. The van der Waals surface area contributed by atoms with Crippen LogP contribution in [0.4, 0.5) is 5.69 Å². The monoisotopic (exact) mass is 244 g/mol. The number of carbonyl (C=O) groups is 1. The highest BCUT2D eigenvalue weighted by Crippen LogP contribution is 2.32. The van der Waals surface area contributed by atoms with Crippen LogP contribution >= 0.6 is 0 Å². The molecule has 5 heteroatoms. The highest BCUT2D eigenvalue weighted by Gasteiger charge is 2.24. The Morgan fingerprint density at radius 3 is 2.83 bits per heavy atom. The van der Waals surface area contributed by atoms with Crippen molar-refractivity contribution in [2.75, 3.05) is 0 Å². The van der Waals surface area contributed by atoms with Gasteiger partial charge in [0.1, 0.15) is 0 Å². The van der Waals surface area contributed by atoms with Crippen molar-refractivity contribution < 1.29 is 9.72 Å². The second-order valence-electron chi connectivity index (χ2n) is 4.70. The fourth-order valence-electron chi connectivity index (χ4n) is 2.65. The Balaban J connectivity index is 2.33. The number of H-pyrrole nitrogens is 1. The van der Waals surface area contributed by atoms with Gasteiger partial charge >= 0.3 is 0 Å². The highest BCUT2D eigenvalue weighted by atomic mass is 16.6. The third-order valence-electron chi connectivity index (χ3n) is 3.50. The summed E-state index contributed by atoms with van der Waals surface area (Å²) in [5.41, 5.74) is 3.02. The molecule has 0 aliphatic heterocycles. The predicted molar refractivity (Wildman–Crippen MR) is 67.0 cm³/mol. The molecule has 18 heavy (non-hydrogen) atoms. The minimum absolute atomic E-state index is 0.0912. The van der Waals surface area contributed by atoms with Gasteiger partial charge in [0, 0.05) is 34.7 Å². The SMILES string of the molecule is Cc1cc2c3c([nH]c2cc1[N+](=O)[O-])CCCC3=O. The van der Waals surface area contributed by atoms with Crippen molar-refractivity contribution in [1.82, 2.24) is 4.98 Å². The van der Waals surface area contributed by atoms with Gasteiger partial charge in [0.2, 0.25) is 0 Å². The summed E-state index contributed by atoms with van der Waals surface area (Å²) in [6.07, 6.45) is 2.25. The number of nitrogens with one attached hydrogen (secondary N) is 1. The largest absolute Gasteiger partial charge is 0.358 e. The number of nitro groups is 1. The summed E-state index contributed by atoms with van der Waals surface area (Å²) in [5, 5.41) is 11.7. The number of ketones is 1. The molecule has 1 aliphatic carbocycles. The van der Waals surface area contributed by atoms with Crippen molar-refractivity contribution in [3.8, 4) is 0 Å². The number of hydrogen-bond acceptors (Lipinski definition) is 3. The van der Waals surface area contributed by atoms with Gasteiger partial charge in [-0.25, -0.2) is 0 Å². The Kier molecular flexibility index (Phi) is 2.23. The lowest BCUT2D eigenvalue weighted by molar-refractivity contribution is -0.385. The summed E-state index contributed by atoms with van der Waals surface area (Å²) < 4.78 is 0. The van der Waals surface area contributed by atoms with Crippen molar-refractivity contribution in [2.45, 2.75) is 26.2 Å². The molecule has 0 radical (unpaired) electrons. The molecule has 1 heterocycles. The number of aromatic nitrogens is 1. The molecule has 0 amide bonds. The van der Waals surface area contributed by atoms with E-state index in [1.807, 2.05) is 0 Å². The summed E-state index contributed by atoms with van der Waals surface area (Å²) in [6, 6.07) is 3.27. The number of hydrogen-bond donors (Lipinski definition) is 1. The molecule has 0 fully saturated rings. The Labute approximate surface area is 103 Å². The Bertz CT molecular complexity index is 685. The number of rotatable bonds is 1. The number of benzene rings is 1. The molecule has 1 N–H and O–H groups in total. The van der Waals surface area contributed by atoms with Gasteiger partial charge in [0.15, 0.2) is 5.78 Å². The minimum Gasteiger partial charge on any atom is -0.358 e. The van der Waals surface area contributed by atoms with E-state index in [-0.39, 0.29) is 11.5 Å². The molecule has 0 atom stereocenters. The summed E-state index contributed by atoms with van der Waals surface area (Å²) in [5.74, 6) is 0.135. The fraction of sp³-hybridized carbons (Fsp3) is 0.308. The van der Waals surface area contributed by atoms with Crippen molar-refractivity contribution in [3.63, 3.8) is 0 Å². The average Bonchev–Trinajstić information content (AvgIpc) is 2.66. The molecule has 1 aromatic carbocycles. The number of nitrogens with zero attached hydrogens (tertiary/aromatic N) is 1. The van der Waals surface area contributed by atoms with E-state index in [1.54, 1.807) is 13.0 Å². The van der Waals surface area contributed by atoms with Gasteiger partial charge in [-0.3, -0.25) is 14.9 Å². The van der Waals surface area contributed by atoms with Gasteiger partial charge < -0.3 is 4.98 Å². The van der Waals surface area contributed by atoms with Crippen LogP contribution in [0.15, 0.2) is 12.1 Å². The maximum Gasteiger partial charge on any atom is 0.274 e. The topological polar surface area (TPSA) is 76.0 Å². The van der Waals surface area contributed by atoms with Crippen LogP contribution in [0.5, 0.6) is 0 Å². The van der Waals surface area contributed by atoms with Crippen molar-refractivity contribution >= 4 is 22.4 Å². The van der Waals surface area contributed by atoms with Crippen LogP contribution in [0.2, 0.25) is 0 Å². The summed E-state index contributed by atoms with van der Waals surface area (Å²) >= 11 is 0. The molecule has 0 spiro atoms. The second kappa shape index (κ2) is 3.66. The van der Waals surface area contributed by atoms with Gasteiger partial charge in [0.25, 0.3) is 5.69 Å². The molecular weight excluding hydrogens is 232 g/mol. The number of Topliss-reactive ketones (excluding diaryl/α,β-unsaturated/α-hetero) is 1. The zero-order chi connectivity index (χ0) is 12.9. The van der Waals surface area contributed by atoms with Crippen LogP contribution < -0.4 is 0 Å². The van der Waals surface area contributed by atoms with Crippen molar-refractivity contribution in [2.24, 2.45) is 0 Å². The normalized spacial score (nSPS) is 14.8. The maximum absolute atomic E-state index is 11.9. The summed E-state index contributed by atoms with van der Waals surface area (Å²) in [4.78, 5) is 25.6. The molecule has 5 nitrogen and oxygen atoms in total. The molecule has 0 unspecified atom stereocenters. The van der Waals surface area contributed by atoms with Crippen LogP contribution in [-0.4, -0.2) is 15.7 Å². The standard InChI is InChI=1S/C13H12N2O3/c1-7-5-8-10(6-11(7)15(17)18)14-9-3-2-4-12(16)13(8)9/h5-6,14H,2-4H2,1H3. The molecule has 1 aliphatic rings. The van der Waals surface area contributed by atoms with Gasteiger partial charge in [-0.2, -0.15) is 0 Å². The zero-order valence-electron chi connectivity index (χ0n) is 9.95. The van der Waals surface area contributed by atoms with Crippen LogP contribution in [0.1, 0.15) is 34.5 Å². The van der Waals surface area contributed by atoms with Gasteiger partial charge in [-0.05, 0) is 25.8 Å². The van der Waals surface area contributed by atoms with Crippen LogP contribution in [0.3, 0.4) is 0 Å². The Morgan fingerprint density at radius 1 is 1.33 bits per heavy atom.